The first-order valence-electron chi connectivity index (χ1n) is 5.89. The van der Waals surface area contributed by atoms with Crippen molar-refractivity contribution in [3.05, 3.63) is 41.7 Å². The summed E-state index contributed by atoms with van der Waals surface area (Å²) in [6, 6.07) is 10.1. The zero-order valence-corrected chi connectivity index (χ0v) is 10.3. The normalized spacial score (nSPS) is 12.6. The number of nitrogens with zero attached hydrogens (tertiary/aromatic N) is 4. The minimum Gasteiger partial charge on any atom is -0.395 e. The number of aromatic nitrogens is 4. The van der Waals surface area contributed by atoms with Crippen molar-refractivity contribution in [2.75, 3.05) is 6.61 Å². The van der Waals surface area contributed by atoms with Crippen molar-refractivity contribution in [1.29, 1.82) is 0 Å². The first-order valence-corrected chi connectivity index (χ1v) is 5.89. The van der Waals surface area contributed by atoms with Gasteiger partial charge in [0.1, 0.15) is 0 Å². The highest BCUT2D eigenvalue weighted by Gasteiger charge is 2.09. The lowest BCUT2D eigenvalue weighted by Gasteiger charge is -2.14. The number of aliphatic hydroxyl groups is 1. The van der Waals surface area contributed by atoms with Gasteiger partial charge in [0, 0.05) is 6.04 Å². The first-order chi connectivity index (χ1) is 8.78. The number of hydrogen-bond donors (Lipinski definition) is 2. The Morgan fingerprint density at radius 2 is 2.11 bits per heavy atom. The summed E-state index contributed by atoms with van der Waals surface area (Å²) in [5.74, 6) is 0.629. The lowest BCUT2D eigenvalue weighted by Crippen LogP contribution is -2.34. The van der Waals surface area contributed by atoms with Crippen LogP contribution in [0.25, 0.3) is 0 Å². The zero-order valence-electron chi connectivity index (χ0n) is 10.3. The van der Waals surface area contributed by atoms with E-state index in [2.05, 4.69) is 20.7 Å². The van der Waals surface area contributed by atoms with Crippen molar-refractivity contribution in [1.82, 2.24) is 25.5 Å². The Labute approximate surface area is 106 Å². The van der Waals surface area contributed by atoms with Crippen LogP contribution in [0.2, 0.25) is 0 Å². The van der Waals surface area contributed by atoms with Crippen LogP contribution in [0.1, 0.15) is 11.4 Å². The summed E-state index contributed by atoms with van der Waals surface area (Å²) in [5.41, 5.74) is 1.19. The van der Waals surface area contributed by atoms with Crippen LogP contribution in [0, 0.1) is 0 Å². The molecule has 96 valence electrons. The van der Waals surface area contributed by atoms with Gasteiger partial charge in [-0.05, 0) is 17.2 Å². The number of aryl methyl sites for hydroxylation is 1. The Morgan fingerprint density at radius 1 is 1.33 bits per heavy atom. The topological polar surface area (TPSA) is 75.9 Å². The predicted molar refractivity (Wildman–Crippen MR) is 66.7 cm³/mol. The van der Waals surface area contributed by atoms with Crippen LogP contribution in [0.3, 0.4) is 0 Å². The molecular weight excluding hydrogens is 230 g/mol. The Kier molecular flexibility index (Phi) is 4.38. The number of aliphatic hydroxyl groups excluding tert-OH is 1. The number of rotatable bonds is 6. The van der Waals surface area contributed by atoms with E-state index >= 15 is 0 Å². The molecule has 1 atom stereocenters. The van der Waals surface area contributed by atoms with Crippen LogP contribution in [-0.2, 0) is 20.0 Å². The van der Waals surface area contributed by atoms with Gasteiger partial charge < -0.3 is 10.4 Å². The Bertz CT molecular complexity index is 470. The third-order valence-electron chi connectivity index (χ3n) is 2.64. The number of tetrazole rings is 1. The molecule has 1 heterocycles. The summed E-state index contributed by atoms with van der Waals surface area (Å²) < 4.78 is 0. The van der Waals surface area contributed by atoms with Gasteiger partial charge in [-0.3, -0.25) is 0 Å². The quantitative estimate of drug-likeness (QED) is 0.745. The van der Waals surface area contributed by atoms with E-state index in [0.29, 0.717) is 12.4 Å². The maximum Gasteiger partial charge on any atom is 0.188 e. The molecule has 0 aliphatic carbocycles. The van der Waals surface area contributed by atoms with Crippen molar-refractivity contribution in [3.8, 4) is 0 Å². The van der Waals surface area contributed by atoms with Gasteiger partial charge in [-0.25, -0.2) is 0 Å². The molecule has 0 amide bonds. The molecule has 6 nitrogen and oxygen atoms in total. The molecule has 0 fully saturated rings. The maximum atomic E-state index is 9.35. The minimum atomic E-state index is -0.00351. The van der Waals surface area contributed by atoms with E-state index in [0.717, 1.165) is 6.42 Å². The van der Waals surface area contributed by atoms with E-state index in [4.69, 9.17) is 0 Å². The highest BCUT2D eigenvalue weighted by molar-refractivity contribution is 5.15. The van der Waals surface area contributed by atoms with E-state index in [1.165, 1.54) is 10.4 Å². The summed E-state index contributed by atoms with van der Waals surface area (Å²) in [4.78, 5) is 1.42. The number of benzene rings is 1. The molecule has 6 heteroatoms. The molecule has 0 spiro atoms. The van der Waals surface area contributed by atoms with Gasteiger partial charge in [-0.15, -0.1) is 10.2 Å². The summed E-state index contributed by atoms with van der Waals surface area (Å²) in [6.07, 6.45) is 0.775. The van der Waals surface area contributed by atoms with Crippen molar-refractivity contribution >= 4 is 0 Å². The van der Waals surface area contributed by atoms with Gasteiger partial charge in [0.05, 0.1) is 20.2 Å². The monoisotopic (exact) mass is 247 g/mol. The van der Waals surface area contributed by atoms with E-state index in [-0.39, 0.29) is 12.6 Å². The summed E-state index contributed by atoms with van der Waals surface area (Å²) in [5, 5.41) is 24.3. The van der Waals surface area contributed by atoms with Crippen molar-refractivity contribution in [2.24, 2.45) is 7.05 Å². The van der Waals surface area contributed by atoms with Crippen LogP contribution in [0.4, 0.5) is 0 Å². The lowest BCUT2D eigenvalue weighted by molar-refractivity contribution is 0.240. The molecule has 0 saturated carbocycles. The SMILES string of the molecule is Cn1nnc(CNC(CO)Cc2ccccc2)n1. The Morgan fingerprint density at radius 3 is 2.72 bits per heavy atom. The minimum absolute atomic E-state index is 0.00351. The molecule has 0 radical (unpaired) electrons. The summed E-state index contributed by atoms with van der Waals surface area (Å²) in [7, 11) is 1.73. The fourth-order valence-electron chi connectivity index (χ4n) is 1.73. The van der Waals surface area contributed by atoms with Crippen LogP contribution in [-0.4, -0.2) is 38.0 Å². The first kappa shape index (κ1) is 12.7. The van der Waals surface area contributed by atoms with E-state index in [1.54, 1.807) is 7.05 Å². The molecule has 0 aliphatic heterocycles. The van der Waals surface area contributed by atoms with Crippen LogP contribution < -0.4 is 5.32 Å². The van der Waals surface area contributed by atoms with Gasteiger partial charge in [-0.1, -0.05) is 30.3 Å². The second-order valence-electron chi connectivity index (χ2n) is 4.15. The van der Waals surface area contributed by atoms with Gasteiger partial charge in [0.2, 0.25) is 0 Å². The fraction of sp³-hybridized carbons (Fsp3) is 0.417. The maximum absolute atomic E-state index is 9.35. The van der Waals surface area contributed by atoms with Crippen molar-refractivity contribution in [2.45, 2.75) is 19.0 Å². The van der Waals surface area contributed by atoms with E-state index in [1.807, 2.05) is 30.3 Å². The van der Waals surface area contributed by atoms with E-state index < -0.39 is 0 Å². The fourth-order valence-corrected chi connectivity index (χ4v) is 1.73. The van der Waals surface area contributed by atoms with E-state index in [9.17, 15) is 5.11 Å². The lowest BCUT2D eigenvalue weighted by atomic mass is 10.1. The van der Waals surface area contributed by atoms with Gasteiger partial charge in [-0.2, -0.15) is 4.80 Å². The Balaban J connectivity index is 1.86. The second kappa shape index (κ2) is 6.23. The van der Waals surface area contributed by atoms with Crippen LogP contribution in [0.5, 0.6) is 0 Å². The average molecular weight is 247 g/mol. The largest absolute Gasteiger partial charge is 0.395 e. The molecule has 1 aromatic heterocycles. The predicted octanol–water partition coefficient (Wildman–Crippen LogP) is -0.0967. The van der Waals surface area contributed by atoms with Gasteiger partial charge >= 0.3 is 0 Å². The molecule has 2 rings (SSSR count). The van der Waals surface area contributed by atoms with Gasteiger partial charge in [0.15, 0.2) is 5.82 Å². The molecule has 2 aromatic rings. The number of hydrogen-bond acceptors (Lipinski definition) is 5. The third-order valence-corrected chi connectivity index (χ3v) is 2.64. The zero-order chi connectivity index (χ0) is 12.8. The van der Waals surface area contributed by atoms with Crippen LogP contribution >= 0.6 is 0 Å². The molecule has 0 bridgehead atoms. The summed E-state index contributed by atoms with van der Waals surface area (Å²) >= 11 is 0. The third kappa shape index (κ3) is 3.61. The molecule has 1 aromatic carbocycles. The molecule has 18 heavy (non-hydrogen) atoms. The van der Waals surface area contributed by atoms with Crippen molar-refractivity contribution in [3.63, 3.8) is 0 Å². The second-order valence-corrected chi connectivity index (χ2v) is 4.15. The number of nitrogens with one attached hydrogen (secondary N) is 1. The molecule has 2 N–H and O–H groups in total. The molecule has 1 unspecified atom stereocenters. The average Bonchev–Trinajstić information content (AvgIpc) is 2.81. The standard InChI is InChI=1S/C12H17N5O/c1-17-15-12(14-16-17)8-13-11(9-18)7-10-5-3-2-4-6-10/h2-6,11,13,18H,7-9H2,1H3. The smallest absolute Gasteiger partial charge is 0.188 e. The molecular formula is C12H17N5O. The van der Waals surface area contributed by atoms with Crippen molar-refractivity contribution < 1.29 is 5.11 Å². The molecule has 0 aliphatic rings. The highest BCUT2D eigenvalue weighted by Crippen LogP contribution is 2.03. The Hall–Kier alpha value is -1.79. The summed E-state index contributed by atoms with van der Waals surface area (Å²) in [6.45, 7) is 0.584. The highest BCUT2D eigenvalue weighted by atomic mass is 16.3. The molecule has 0 saturated heterocycles. The van der Waals surface area contributed by atoms with Crippen LogP contribution in [0.15, 0.2) is 30.3 Å². The van der Waals surface area contributed by atoms with Gasteiger partial charge in [0.25, 0.3) is 0 Å².